The molecule has 2 saturated heterocycles. The van der Waals surface area contributed by atoms with Crippen LogP contribution >= 0.6 is 0 Å². The maximum atomic E-state index is 5.11. The van der Waals surface area contributed by atoms with Crippen molar-refractivity contribution >= 4 is 5.96 Å². The van der Waals surface area contributed by atoms with Crippen LogP contribution in [0.25, 0.3) is 0 Å². The minimum absolute atomic E-state index is 0.283. The number of nitrogens with zero attached hydrogens (tertiary/aromatic N) is 3. The highest BCUT2D eigenvalue weighted by molar-refractivity contribution is 5.80. The summed E-state index contributed by atoms with van der Waals surface area (Å²) in [5.74, 6) is 1.05. The fraction of sp³-hybridized carbons (Fsp3) is 0.950. The third-order valence-electron chi connectivity index (χ3n) is 6.52. The molecule has 25 heavy (non-hydrogen) atoms. The van der Waals surface area contributed by atoms with E-state index in [0.717, 1.165) is 19.0 Å². The molecule has 5 heteroatoms. The van der Waals surface area contributed by atoms with E-state index < -0.39 is 0 Å². The Morgan fingerprint density at radius 2 is 1.68 bits per heavy atom. The summed E-state index contributed by atoms with van der Waals surface area (Å²) in [5.41, 5.74) is 0.283. The Balaban J connectivity index is 1.68. The predicted octanol–water partition coefficient (Wildman–Crippen LogP) is 2.43. The standard InChI is InChI=1S/C20H39N5/c1-3-21-19(23-18-9-5-6-10-18)22-17-20(11-15-24(2)16-12-20)25-13-7-4-8-14-25/h18H,3-17H2,1-2H3,(H2,21,22,23). The van der Waals surface area contributed by atoms with Crippen LogP contribution in [0.4, 0.5) is 0 Å². The number of guanidine groups is 1. The van der Waals surface area contributed by atoms with Crippen molar-refractivity contribution in [3.8, 4) is 0 Å². The molecular formula is C20H39N5. The van der Waals surface area contributed by atoms with Gasteiger partial charge < -0.3 is 15.5 Å². The van der Waals surface area contributed by atoms with Crippen molar-refractivity contribution in [3.63, 3.8) is 0 Å². The van der Waals surface area contributed by atoms with E-state index in [-0.39, 0.29) is 5.54 Å². The Bertz CT molecular complexity index is 416. The Hall–Kier alpha value is -0.810. The molecule has 0 bridgehead atoms. The van der Waals surface area contributed by atoms with Gasteiger partial charge in [0.15, 0.2) is 5.96 Å². The monoisotopic (exact) mass is 349 g/mol. The van der Waals surface area contributed by atoms with Crippen LogP contribution in [-0.2, 0) is 0 Å². The molecule has 0 aromatic rings. The van der Waals surface area contributed by atoms with Crippen molar-refractivity contribution in [2.45, 2.75) is 76.3 Å². The lowest BCUT2D eigenvalue weighted by Crippen LogP contribution is -2.58. The van der Waals surface area contributed by atoms with E-state index in [2.05, 4.69) is 34.4 Å². The van der Waals surface area contributed by atoms with Gasteiger partial charge in [-0.15, -0.1) is 0 Å². The fourth-order valence-corrected chi connectivity index (χ4v) is 4.79. The van der Waals surface area contributed by atoms with E-state index in [1.807, 2.05) is 0 Å². The molecule has 2 N–H and O–H groups in total. The molecule has 1 saturated carbocycles. The smallest absolute Gasteiger partial charge is 0.191 e. The topological polar surface area (TPSA) is 42.9 Å². The van der Waals surface area contributed by atoms with Crippen molar-refractivity contribution in [3.05, 3.63) is 0 Å². The first-order valence-corrected chi connectivity index (χ1v) is 10.7. The van der Waals surface area contributed by atoms with Crippen LogP contribution in [0.3, 0.4) is 0 Å². The van der Waals surface area contributed by atoms with E-state index in [9.17, 15) is 0 Å². The number of piperidine rings is 2. The first-order valence-electron chi connectivity index (χ1n) is 10.7. The van der Waals surface area contributed by atoms with Gasteiger partial charge in [0.05, 0.1) is 6.54 Å². The summed E-state index contributed by atoms with van der Waals surface area (Å²) in [6.07, 6.45) is 12.0. The van der Waals surface area contributed by atoms with Crippen molar-refractivity contribution in [1.82, 2.24) is 20.4 Å². The van der Waals surface area contributed by atoms with Gasteiger partial charge in [-0.2, -0.15) is 0 Å². The maximum Gasteiger partial charge on any atom is 0.191 e. The zero-order valence-electron chi connectivity index (χ0n) is 16.5. The van der Waals surface area contributed by atoms with Crippen LogP contribution in [0.5, 0.6) is 0 Å². The first-order chi connectivity index (χ1) is 12.2. The normalized spacial score (nSPS) is 26.7. The zero-order chi connectivity index (χ0) is 17.5. The second-order valence-electron chi connectivity index (χ2n) is 8.40. The number of hydrogen-bond acceptors (Lipinski definition) is 3. The van der Waals surface area contributed by atoms with E-state index in [1.165, 1.54) is 84.0 Å². The molecule has 2 heterocycles. The predicted molar refractivity (Wildman–Crippen MR) is 106 cm³/mol. The van der Waals surface area contributed by atoms with E-state index in [0.29, 0.717) is 6.04 Å². The molecule has 3 aliphatic rings. The number of rotatable bonds is 5. The molecule has 0 spiro atoms. The Morgan fingerprint density at radius 1 is 1.00 bits per heavy atom. The molecule has 3 fully saturated rings. The third kappa shape index (κ3) is 5.10. The van der Waals surface area contributed by atoms with Crippen LogP contribution < -0.4 is 10.6 Å². The van der Waals surface area contributed by atoms with Gasteiger partial charge in [0.1, 0.15) is 0 Å². The van der Waals surface area contributed by atoms with Gasteiger partial charge in [0, 0.05) is 18.1 Å². The minimum atomic E-state index is 0.283. The van der Waals surface area contributed by atoms with Gasteiger partial charge in [-0.3, -0.25) is 9.89 Å². The summed E-state index contributed by atoms with van der Waals surface area (Å²) in [6, 6.07) is 0.626. The molecule has 3 rings (SSSR count). The van der Waals surface area contributed by atoms with E-state index >= 15 is 0 Å². The molecule has 0 atom stereocenters. The second-order valence-corrected chi connectivity index (χ2v) is 8.40. The summed E-state index contributed by atoms with van der Waals surface area (Å²) in [6.45, 7) is 9.01. The Labute approximate surface area is 154 Å². The lowest BCUT2D eigenvalue weighted by atomic mass is 9.84. The van der Waals surface area contributed by atoms with Crippen LogP contribution in [-0.4, -0.2) is 73.7 Å². The zero-order valence-corrected chi connectivity index (χ0v) is 16.5. The molecule has 0 unspecified atom stereocenters. The number of hydrogen-bond donors (Lipinski definition) is 2. The lowest BCUT2D eigenvalue weighted by molar-refractivity contribution is 0.0208. The molecular weight excluding hydrogens is 310 g/mol. The number of aliphatic imine (C=N–C) groups is 1. The first kappa shape index (κ1) is 19.0. The molecule has 1 aliphatic carbocycles. The lowest BCUT2D eigenvalue weighted by Gasteiger charge is -2.49. The highest BCUT2D eigenvalue weighted by Crippen LogP contribution is 2.31. The highest BCUT2D eigenvalue weighted by atomic mass is 15.3. The molecule has 0 aromatic heterocycles. The molecule has 0 amide bonds. The number of likely N-dealkylation sites (tertiary alicyclic amines) is 2. The summed E-state index contributed by atoms with van der Waals surface area (Å²) in [4.78, 5) is 10.4. The summed E-state index contributed by atoms with van der Waals surface area (Å²) < 4.78 is 0. The second kappa shape index (κ2) is 9.22. The Morgan fingerprint density at radius 3 is 2.32 bits per heavy atom. The van der Waals surface area contributed by atoms with E-state index in [4.69, 9.17) is 4.99 Å². The summed E-state index contributed by atoms with van der Waals surface area (Å²) >= 11 is 0. The molecule has 5 nitrogen and oxygen atoms in total. The minimum Gasteiger partial charge on any atom is -0.357 e. The van der Waals surface area contributed by atoms with Crippen molar-refractivity contribution in [1.29, 1.82) is 0 Å². The van der Waals surface area contributed by atoms with Crippen LogP contribution in [0, 0.1) is 0 Å². The van der Waals surface area contributed by atoms with Gasteiger partial charge in [0.2, 0.25) is 0 Å². The summed E-state index contributed by atoms with van der Waals surface area (Å²) in [7, 11) is 2.26. The van der Waals surface area contributed by atoms with Gasteiger partial charge >= 0.3 is 0 Å². The molecule has 2 aliphatic heterocycles. The van der Waals surface area contributed by atoms with Crippen LogP contribution in [0.1, 0.15) is 64.7 Å². The fourth-order valence-electron chi connectivity index (χ4n) is 4.79. The Kier molecular flexibility index (Phi) is 7.00. The van der Waals surface area contributed by atoms with Crippen molar-refractivity contribution < 1.29 is 0 Å². The van der Waals surface area contributed by atoms with Gasteiger partial charge in [0.25, 0.3) is 0 Å². The maximum absolute atomic E-state index is 5.11. The van der Waals surface area contributed by atoms with Gasteiger partial charge in [-0.05, 0) is 78.7 Å². The van der Waals surface area contributed by atoms with Gasteiger partial charge in [-0.25, -0.2) is 0 Å². The average Bonchev–Trinajstić information content (AvgIpc) is 3.15. The van der Waals surface area contributed by atoms with Crippen molar-refractivity contribution in [2.75, 3.05) is 46.3 Å². The van der Waals surface area contributed by atoms with Crippen molar-refractivity contribution in [2.24, 2.45) is 4.99 Å². The van der Waals surface area contributed by atoms with E-state index in [1.54, 1.807) is 0 Å². The summed E-state index contributed by atoms with van der Waals surface area (Å²) in [5, 5.41) is 7.18. The molecule has 0 aromatic carbocycles. The molecule has 0 radical (unpaired) electrons. The highest BCUT2D eigenvalue weighted by Gasteiger charge is 2.39. The average molecular weight is 350 g/mol. The SMILES string of the molecule is CCNC(=NCC1(N2CCCCC2)CCN(C)CC1)NC1CCCC1. The molecule has 144 valence electrons. The third-order valence-corrected chi connectivity index (χ3v) is 6.52. The van der Waals surface area contributed by atoms with Crippen LogP contribution in [0.15, 0.2) is 4.99 Å². The quantitative estimate of drug-likeness (QED) is 0.591. The largest absolute Gasteiger partial charge is 0.357 e. The van der Waals surface area contributed by atoms with Gasteiger partial charge in [-0.1, -0.05) is 19.3 Å². The number of nitrogens with one attached hydrogen (secondary N) is 2. The van der Waals surface area contributed by atoms with Crippen LogP contribution in [0.2, 0.25) is 0 Å².